The highest BCUT2D eigenvalue weighted by molar-refractivity contribution is 5.73. The molecule has 4 N–H and O–H groups in total. The Kier molecular flexibility index (Phi) is 10.2. The van der Waals surface area contributed by atoms with E-state index in [1.807, 2.05) is 0 Å². The lowest BCUT2D eigenvalue weighted by Crippen LogP contribution is -2.50. The predicted octanol–water partition coefficient (Wildman–Crippen LogP) is -2.20. The molecule has 1 aliphatic rings. The van der Waals surface area contributed by atoms with Gasteiger partial charge in [0, 0.05) is 52.4 Å². The van der Waals surface area contributed by atoms with E-state index in [0.717, 1.165) is 0 Å². The number of carbonyl (C=O) groups is 3. The average molecular weight is 390 g/mol. The molecule has 11 nitrogen and oxygen atoms in total. The topological polar surface area (TPSA) is 145 Å². The second kappa shape index (κ2) is 11.8. The Hall–Kier alpha value is -1.79. The molecule has 0 amide bonds. The number of carboxylic acid groups (broad SMARTS) is 3. The fourth-order valence-corrected chi connectivity index (χ4v) is 2.94. The Balaban J connectivity index is 2.91. The predicted molar refractivity (Wildman–Crippen MR) is 95.5 cm³/mol. The number of aliphatic hydroxyl groups excluding tert-OH is 1. The molecule has 1 aliphatic heterocycles. The third-order valence-electron chi connectivity index (χ3n) is 4.69. The van der Waals surface area contributed by atoms with Crippen LogP contribution in [-0.4, -0.2) is 136 Å². The Bertz CT molecular complexity index is 473. The van der Waals surface area contributed by atoms with Gasteiger partial charge in [-0.1, -0.05) is 0 Å². The van der Waals surface area contributed by atoms with Gasteiger partial charge in [-0.25, -0.2) is 0 Å². The van der Waals surface area contributed by atoms with Crippen LogP contribution in [0, 0.1) is 0 Å². The van der Waals surface area contributed by atoms with Gasteiger partial charge in [0.25, 0.3) is 0 Å². The van der Waals surface area contributed by atoms with E-state index in [9.17, 15) is 24.6 Å². The monoisotopic (exact) mass is 390 g/mol. The van der Waals surface area contributed by atoms with Crippen molar-refractivity contribution in [2.45, 2.75) is 13.0 Å². The third-order valence-corrected chi connectivity index (χ3v) is 4.69. The quantitative estimate of drug-likeness (QED) is 0.376. The fraction of sp³-hybridized carbons (Fsp3) is 0.812. The second-order valence-electron chi connectivity index (χ2n) is 6.65. The summed E-state index contributed by atoms with van der Waals surface area (Å²) in [6.45, 7) is 4.11. The molecule has 0 spiro atoms. The number of rotatable bonds is 7. The number of carboxylic acids is 3. The highest BCUT2D eigenvalue weighted by atomic mass is 16.4. The largest absolute Gasteiger partial charge is 0.480 e. The molecule has 0 aromatic carbocycles. The summed E-state index contributed by atoms with van der Waals surface area (Å²) in [5, 5.41) is 37.0. The van der Waals surface area contributed by atoms with E-state index in [1.54, 1.807) is 26.5 Å². The van der Waals surface area contributed by atoms with Gasteiger partial charge >= 0.3 is 17.9 Å². The highest BCUT2D eigenvalue weighted by Gasteiger charge is 2.24. The van der Waals surface area contributed by atoms with Crippen LogP contribution in [0.2, 0.25) is 0 Å². The van der Waals surface area contributed by atoms with Crippen LogP contribution in [0.3, 0.4) is 0 Å². The maximum absolute atomic E-state index is 11.4. The number of nitrogens with zero attached hydrogens (tertiary/aromatic N) is 4. The molecule has 0 aliphatic carbocycles. The van der Waals surface area contributed by atoms with Gasteiger partial charge in [0.2, 0.25) is 0 Å². The molecule has 1 heterocycles. The molecule has 0 saturated carbocycles. The van der Waals surface area contributed by atoms with Gasteiger partial charge < -0.3 is 20.4 Å². The molecule has 156 valence electrons. The van der Waals surface area contributed by atoms with Crippen LogP contribution in [0.25, 0.3) is 0 Å². The minimum atomic E-state index is -0.983. The van der Waals surface area contributed by atoms with E-state index in [-0.39, 0.29) is 19.8 Å². The van der Waals surface area contributed by atoms with Crippen molar-refractivity contribution in [3.63, 3.8) is 0 Å². The lowest BCUT2D eigenvalue weighted by atomic mass is 10.2. The first kappa shape index (κ1) is 23.2. The molecule has 0 radical (unpaired) electrons. The normalized spacial score (nSPS) is 21.1. The molecule has 11 heteroatoms. The maximum atomic E-state index is 11.4. The number of aliphatic hydroxyl groups is 1. The van der Waals surface area contributed by atoms with E-state index in [4.69, 9.17) is 10.2 Å². The van der Waals surface area contributed by atoms with Crippen LogP contribution in [0.15, 0.2) is 0 Å². The number of aliphatic carboxylic acids is 3. The van der Waals surface area contributed by atoms with E-state index < -0.39 is 23.9 Å². The van der Waals surface area contributed by atoms with Gasteiger partial charge in [-0.15, -0.1) is 0 Å². The fourth-order valence-electron chi connectivity index (χ4n) is 2.94. The Labute approximate surface area is 158 Å². The molecular weight excluding hydrogens is 360 g/mol. The summed E-state index contributed by atoms with van der Waals surface area (Å²) in [5.41, 5.74) is 0. The van der Waals surface area contributed by atoms with E-state index in [2.05, 4.69) is 0 Å². The summed E-state index contributed by atoms with van der Waals surface area (Å²) in [4.78, 5) is 40.4. The third kappa shape index (κ3) is 9.11. The average Bonchev–Trinajstić information content (AvgIpc) is 2.58. The zero-order valence-corrected chi connectivity index (χ0v) is 15.7. The first-order valence-electron chi connectivity index (χ1n) is 8.91. The molecule has 1 atom stereocenters. The van der Waals surface area contributed by atoms with Crippen LogP contribution >= 0.6 is 0 Å². The Morgan fingerprint density at radius 3 is 1.44 bits per heavy atom. The van der Waals surface area contributed by atoms with Crippen molar-refractivity contribution in [3.8, 4) is 0 Å². The molecule has 1 unspecified atom stereocenters. The van der Waals surface area contributed by atoms with Crippen molar-refractivity contribution in [1.29, 1.82) is 0 Å². The molecular formula is C16H30N4O7. The number of hydrogen-bond acceptors (Lipinski definition) is 8. The zero-order chi connectivity index (χ0) is 20.4. The van der Waals surface area contributed by atoms with E-state index in [1.165, 1.54) is 0 Å². The van der Waals surface area contributed by atoms with Gasteiger partial charge in [0.05, 0.1) is 19.8 Å². The van der Waals surface area contributed by atoms with Gasteiger partial charge in [-0.2, -0.15) is 0 Å². The van der Waals surface area contributed by atoms with Crippen molar-refractivity contribution >= 4 is 17.9 Å². The standard InChI is InChI=1S/C16H30N4O7/c1-13(16(26)27)20-8-6-17(10-14(22)23)2-4-19(12-21)5-3-18(7-9-20)11-15(24)25/h13,21H,2-12H2,1H3,(H,22,23)(H,24,25)(H,26,27). The van der Waals surface area contributed by atoms with E-state index >= 15 is 0 Å². The second-order valence-corrected chi connectivity index (χ2v) is 6.65. The van der Waals surface area contributed by atoms with Crippen molar-refractivity contribution in [3.05, 3.63) is 0 Å². The summed E-state index contributed by atoms with van der Waals surface area (Å²) in [7, 11) is 0. The summed E-state index contributed by atoms with van der Waals surface area (Å²) in [5.74, 6) is -2.92. The van der Waals surface area contributed by atoms with Crippen LogP contribution in [0.4, 0.5) is 0 Å². The van der Waals surface area contributed by atoms with Gasteiger partial charge in [-0.05, 0) is 6.92 Å². The van der Waals surface area contributed by atoms with Gasteiger partial charge in [-0.3, -0.25) is 34.0 Å². The minimum Gasteiger partial charge on any atom is -0.480 e. The molecule has 27 heavy (non-hydrogen) atoms. The lowest BCUT2D eigenvalue weighted by molar-refractivity contribution is -0.144. The maximum Gasteiger partial charge on any atom is 0.320 e. The van der Waals surface area contributed by atoms with E-state index in [0.29, 0.717) is 52.4 Å². The Morgan fingerprint density at radius 2 is 1.11 bits per heavy atom. The summed E-state index contributed by atoms with van der Waals surface area (Å²) >= 11 is 0. The first-order chi connectivity index (χ1) is 12.7. The van der Waals surface area contributed by atoms with Crippen molar-refractivity contribution in [2.75, 3.05) is 72.2 Å². The van der Waals surface area contributed by atoms with Gasteiger partial charge in [0.15, 0.2) is 0 Å². The van der Waals surface area contributed by atoms with Crippen LogP contribution in [-0.2, 0) is 14.4 Å². The summed E-state index contributed by atoms with van der Waals surface area (Å²) < 4.78 is 0. The Morgan fingerprint density at radius 1 is 0.741 bits per heavy atom. The number of hydrogen-bond donors (Lipinski definition) is 4. The van der Waals surface area contributed by atoms with Crippen LogP contribution in [0.5, 0.6) is 0 Å². The first-order valence-corrected chi connectivity index (χ1v) is 8.91. The molecule has 1 rings (SSSR count). The molecule has 0 bridgehead atoms. The SMILES string of the molecule is CC(C(=O)O)N1CCN(CC(=O)O)CCN(CO)CCN(CC(=O)O)CC1. The van der Waals surface area contributed by atoms with Crippen molar-refractivity contribution in [2.24, 2.45) is 0 Å². The molecule has 0 aromatic heterocycles. The van der Waals surface area contributed by atoms with Crippen LogP contribution in [0.1, 0.15) is 6.92 Å². The molecule has 1 fully saturated rings. The smallest absolute Gasteiger partial charge is 0.320 e. The summed E-state index contributed by atoms with van der Waals surface area (Å²) in [6, 6.07) is -0.764. The highest BCUT2D eigenvalue weighted by Crippen LogP contribution is 2.04. The van der Waals surface area contributed by atoms with Crippen molar-refractivity contribution in [1.82, 2.24) is 19.6 Å². The molecule has 1 saturated heterocycles. The minimum absolute atomic E-state index is 0.167. The zero-order valence-electron chi connectivity index (χ0n) is 15.7. The molecule has 0 aromatic rings. The lowest BCUT2D eigenvalue weighted by Gasteiger charge is -2.34. The van der Waals surface area contributed by atoms with Crippen LogP contribution < -0.4 is 0 Å². The van der Waals surface area contributed by atoms with Gasteiger partial charge in [0.1, 0.15) is 6.04 Å². The summed E-state index contributed by atoms with van der Waals surface area (Å²) in [6.07, 6.45) is 0. The van der Waals surface area contributed by atoms with Crippen molar-refractivity contribution < 1.29 is 34.8 Å².